The number of hydrogen-bond donors (Lipinski definition) is 2. The van der Waals surface area contributed by atoms with Crippen LogP contribution < -0.4 is 10.0 Å². The van der Waals surface area contributed by atoms with Crippen molar-refractivity contribution in [2.45, 2.75) is 32.1 Å². The molecule has 146 valence electrons. The number of halogens is 1. The Kier molecular flexibility index (Phi) is 7.79. The molecule has 2 N–H and O–H groups in total. The Morgan fingerprint density at radius 2 is 1.70 bits per heavy atom. The Morgan fingerprint density at radius 1 is 1.00 bits per heavy atom. The second-order valence-corrected chi connectivity index (χ2v) is 8.22. The van der Waals surface area contributed by atoms with Gasteiger partial charge in [0.1, 0.15) is 5.82 Å². The van der Waals surface area contributed by atoms with E-state index in [0.717, 1.165) is 24.7 Å². The highest BCUT2D eigenvalue weighted by atomic mass is 32.2. The van der Waals surface area contributed by atoms with Crippen LogP contribution in [0.2, 0.25) is 0 Å². The van der Waals surface area contributed by atoms with E-state index >= 15 is 0 Å². The molecule has 0 heterocycles. The number of rotatable bonds is 10. The Labute approximate surface area is 160 Å². The van der Waals surface area contributed by atoms with Crippen molar-refractivity contribution < 1.29 is 17.6 Å². The SMILES string of the molecule is CS(=O)(=O)Nc1ccc(CCCNC(=O)CCCc2ccccc2F)cc1. The van der Waals surface area contributed by atoms with Crippen molar-refractivity contribution in [1.82, 2.24) is 5.32 Å². The normalized spacial score (nSPS) is 11.2. The number of benzene rings is 2. The van der Waals surface area contributed by atoms with Crippen molar-refractivity contribution in [3.05, 3.63) is 65.5 Å². The fourth-order valence-corrected chi connectivity index (χ4v) is 3.27. The Bertz CT molecular complexity index is 852. The maximum atomic E-state index is 13.5. The van der Waals surface area contributed by atoms with E-state index in [1.807, 2.05) is 12.1 Å². The van der Waals surface area contributed by atoms with Crippen molar-refractivity contribution in [2.75, 3.05) is 17.5 Å². The summed E-state index contributed by atoms with van der Waals surface area (Å²) in [6.45, 7) is 0.571. The number of carbonyl (C=O) groups is 1. The molecule has 0 spiro atoms. The van der Waals surface area contributed by atoms with Gasteiger partial charge in [-0.15, -0.1) is 0 Å². The molecule has 0 bridgehead atoms. The lowest BCUT2D eigenvalue weighted by molar-refractivity contribution is -0.121. The lowest BCUT2D eigenvalue weighted by atomic mass is 10.1. The molecule has 0 atom stereocenters. The zero-order chi connectivity index (χ0) is 19.7. The van der Waals surface area contributed by atoms with E-state index in [9.17, 15) is 17.6 Å². The fourth-order valence-electron chi connectivity index (χ4n) is 2.70. The van der Waals surface area contributed by atoms with E-state index in [0.29, 0.717) is 37.1 Å². The van der Waals surface area contributed by atoms with Gasteiger partial charge in [-0.1, -0.05) is 30.3 Å². The second-order valence-electron chi connectivity index (χ2n) is 6.47. The summed E-state index contributed by atoms with van der Waals surface area (Å²) < 4.78 is 38.2. The van der Waals surface area contributed by atoms with E-state index in [1.165, 1.54) is 6.07 Å². The van der Waals surface area contributed by atoms with Crippen molar-refractivity contribution in [3.8, 4) is 0 Å². The summed E-state index contributed by atoms with van der Waals surface area (Å²) in [6.07, 6.45) is 4.22. The van der Waals surface area contributed by atoms with Crippen LogP contribution in [0.25, 0.3) is 0 Å². The van der Waals surface area contributed by atoms with E-state index in [1.54, 1.807) is 30.3 Å². The molecule has 1 amide bonds. The minimum absolute atomic E-state index is 0.0287. The zero-order valence-electron chi connectivity index (χ0n) is 15.4. The summed E-state index contributed by atoms with van der Waals surface area (Å²) in [5.41, 5.74) is 2.24. The van der Waals surface area contributed by atoms with Gasteiger partial charge >= 0.3 is 0 Å². The molecular weight excluding hydrogens is 367 g/mol. The third-order valence-corrected chi connectivity index (χ3v) is 4.64. The first-order chi connectivity index (χ1) is 12.8. The topological polar surface area (TPSA) is 75.3 Å². The molecule has 2 aromatic carbocycles. The zero-order valence-corrected chi connectivity index (χ0v) is 16.2. The Hall–Kier alpha value is -2.41. The molecule has 27 heavy (non-hydrogen) atoms. The quantitative estimate of drug-likeness (QED) is 0.610. The molecule has 0 aliphatic rings. The minimum atomic E-state index is -3.27. The summed E-state index contributed by atoms with van der Waals surface area (Å²) in [4.78, 5) is 11.8. The maximum Gasteiger partial charge on any atom is 0.229 e. The molecule has 0 saturated heterocycles. The van der Waals surface area contributed by atoms with Crippen LogP contribution >= 0.6 is 0 Å². The van der Waals surface area contributed by atoms with Crippen LogP contribution in [-0.4, -0.2) is 27.1 Å². The fraction of sp³-hybridized carbons (Fsp3) is 0.350. The van der Waals surface area contributed by atoms with Gasteiger partial charge in [0.2, 0.25) is 15.9 Å². The Balaban J connectivity index is 1.62. The molecule has 0 unspecified atom stereocenters. The van der Waals surface area contributed by atoms with E-state index in [4.69, 9.17) is 0 Å². The molecular formula is C20H25FN2O3S. The molecule has 7 heteroatoms. The minimum Gasteiger partial charge on any atom is -0.356 e. The van der Waals surface area contributed by atoms with E-state index in [2.05, 4.69) is 10.0 Å². The maximum absolute atomic E-state index is 13.5. The predicted molar refractivity (Wildman–Crippen MR) is 106 cm³/mol. The highest BCUT2D eigenvalue weighted by Crippen LogP contribution is 2.12. The van der Waals surface area contributed by atoms with Gasteiger partial charge in [-0.25, -0.2) is 12.8 Å². The molecule has 0 saturated carbocycles. The molecule has 0 fully saturated rings. The number of amides is 1. The van der Waals surface area contributed by atoms with Gasteiger partial charge in [-0.2, -0.15) is 0 Å². The van der Waals surface area contributed by atoms with Crippen LogP contribution in [0.4, 0.5) is 10.1 Å². The van der Waals surface area contributed by atoms with E-state index in [-0.39, 0.29) is 11.7 Å². The number of anilines is 1. The lowest BCUT2D eigenvalue weighted by Crippen LogP contribution is -2.24. The van der Waals surface area contributed by atoms with Crippen molar-refractivity contribution in [2.24, 2.45) is 0 Å². The Morgan fingerprint density at radius 3 is 2.37 bits per heavy atom. The first-order valence-electron chi connectivity index (χ1n) is 8.90. The first kappa shape index (κ1) is 20.9. The summed E-state index contributed by atoms with van der Waals surface area (Å²) >= 11 is 0. The van der Waals surface area contributed by atoms with Gasteiger partial charge in [0.15, 0.2) is 0 Å². The number of nitrogens with one attached hydrogen (secondary N) is 2. The van der Waals surface area contributed by atoms with Gasteiger partial charge in [-0.05, 0) is 55.0 Å². The van der Waals surface area contributed by atoms with Gasteiger partial charge in [-0.3, -0.25) is 9.52 Å². The average Bonchev–Trinajstić information content (AvgIpc) is 2.60. The summed E-state index contributed by atoms with van der Waals surface area (Å²) in [5.74, 6) is -0.255. The van der Waals surface area contributed by atoms with Crippen molar-refractivity contribution >= 4 is 21.6 Å². The summed E-state index contributed by atoms with van der Waals surface area (Å²) in [5, 5.41) is 2.87. The average molecular weight is 392 g/mol. The highest BCUT2D eigenvalue weighted by molar-refractivity contribution is 7.92. The molecule has 0 aliphatic carbocycles. The summed E-state index contributed by atoms with van der Waals surface area (Å²) in [7, 11) is -3.27. The van der Waals surface area contributed by atoms with Gasteiger partial charge in [0.05, 0.1) is 6.26 Å². The molecule has 0 aliphatic heterocycles. The monoisotopic (exact) mass is 392 g/mol. The highest BCUT2D eigenvalue weighted by Gasteiger charge is 2.05. The van der Waals surface area contributed by atoms with Crippen LogP contribution in [0.15, 0.2) is 48.5 Å². The number of aryl methyl sites for hydroxylation is 2. The van der Waals surface area contributed by atoms with Crippen LogP contribution in [0.3, 0.4) is 0 Å². The van der Waals surface area contributed by atoms with Gasteiger partial charge in [0, 0.05) is 18.7 Å². The molecule has 5 nitrogen and oxygen atoms in total. The number of hydrogen-bond acceptors (Lipinski definition) is 3. The lowest BCUT2D eigenvalue weighted by Gasteiger charge is -2.07. The number of carbonyl (C=O) groups excluding carboxylic acids is 1. The first-order valence-corrected chi connectivity index (χ1v) is 10.8. The molecule has 0 radical (unpaired) electrons. The van der Waals surface area contributed by atoms with Crippen LogP contribution in [-0.2, 0) is 27.7 Å². The van der Waals surface area contributed by atoms with Crippen molar-refractivity contribution in [1.29, 1.82) is 0 Å². The van der Waals surface area contributed by atoms with Crippen LogP contribution in [0.5, 0.6) is 0 Å². The van der Waals surface area contributed by atoms with Crippen LogP contribution in [0.1, 0.15) is 30.4 Å². The molecule has 2 rings (SSSR count). The third kappa shape index (κ3) is 8.21. The molecule has 2 aromatic rings. The third-order valence-electron chi connectivity index (χ3n) is 4.03. The standard InChI is InChI=1S/C20H25FN2O3S/c1-27(25,26)23-18-13-11-16(12-14-18)6-5-15-22-20(24)10-4-8-17-7-2-3-9-19(17)21/h2-3,7,9,11-14,23H,4-6,8,10,15H2,1H3,(H,22,24). The smallest absolute Gasteiger partial charge is 0.229 e. The van der Waals surface area contributed by atoms with Gasteiger partial charge in [0.25, 0.3) is 0 Å². The number of sulfonamides is 1. The van der Waals surface area contributed by atoms with E-state index < -0.39 is 10.0 Å². The second kappa shape index (κ2) is 10.1. The largest absolute Gasteiger partial charge is 0.356 e. The molecule has 0 aromatic heterocycles. The van der Waals surface area contributed by atoms with Crippen molar-refractivity contribution in [3.63, 3.8) is 0 Å². The summed E-state index contributed by atoms with van der Waals surface area (Å²) in [6, 6.07) is 13.8. The van der Waals surface area contributed by atoms with Gasteiger partial charge < -0.3 is 5.32 Å². The predicted octanol–water partition coefficient (Wildman–Crippen LogP) is 3.27. The van der Waals surface area contributed by atoms with Crippen LogP contribution in [0, 0.1) is 5.82 Å².